The highest BCUT2D eigenvalue weighted by Crippen LogP contribution is 2.38. The Balaban J connectivity index is 1.91. The molecule has 0 bridgehead atoms. The SMILES string of the molecule is CC(C)(C)NCc1nc(C2CCCS2)no1. The van der Waals surface area contributed by atoms with Crippen molar-refractivity contribution < 1.29 is 4.52 Å². The molecule has 2 rings (SSSR count). The maximum absolute atomic E-state index is 5.24. The van der Waals surface area contributed by atoms with Crippen LogP contribution in [-0.4, -0.2) is 21.4 Å². The van der Waals surface area contributed by atoms with Gasteiger partial charge >= 0.3 is 0 Å². The Kier molecular flexibility index (Phi) is 3.54. The number of thioether (sulfide) groups is 1. The molecule has 0 spiro atoms. The first kappa shape index (κ1) is 11.9. The normalized spacial score (nSPS) is 21.6. The summed E-state index contributed by atoms with van der Waals surface area (Å²) in [5.41, 5.74) is 0.0801. The van der Waals surface area contributed by atoms with Crippen LogP contribution in [0.2, 0.25) is 0 Å². The molecule has 1 aromatic rings. The zero-order chi connectivity index (χ0) is 11.6. The van der Waals surface area contributed by atoms with E-state index in [1.165, 1.54) is 18.6 Å². The van der Waals surface area contributed by atoms with Crippen molar-refractivity contribution in [2.75, 3.05) is 5.75 Å². The third-order valence-corrected chi connectivity index (χ3v) is 3.84. The Labute approximate surface area is 101 Å². The van der Waals surface area contributed by atoms with Crippen LogP contribution in [0.25, 0.3) is 0 Å². The molecule has 0 saturated carbocycles. The van der Waals surface area contributed by atoms with Crippen molar-refractivity contribution in [2.45, 2.75) is 50.9 Å². The molecule has 4 nitrogen and oxygen atoms in total. The fourth-order valence-corrected chi connectivity index (χ4v) is 2.79. The molecular weight excluding hydrogens is 222 g/mol. The highest BCUT2D eigenvalue weighted by Gasteiger charge is 2.23. The van der Waals surface area contributed by atoms with Gasteiger partial charge < -0.3 is 9.84 Å². The topological polar surface area (TPSA) is 51.0 Å². The Morgan fingerprint density at radius 2 is 2.31 bits per heavy atom. The Hall–Kier alpha value is -0.550. The fraction of sp³-hybridized carbons (Fsp3) is 0.818. The van der Waals surface area contributed by atoms with E-state index >= 15 is 0 Å². The first-order chi connectivity index (χ1) is 7.54. The Morgan fingerprint density at radius 3 is 2.94 bits per heavy atom. The predicted octanol–water partition coefficient (Wildman–Crippen LogP) is 2.53. The molecule has 0 radical (unpaired) electrons. The van der Waals surface area contributed by atoms with E-state index in [9.17, 15) is 0 Å². The summed E-state index contributed by atoms with van der Waals surface area (Å²) in [5.74, 6) is 2.78. The molecule has 1 atom stereocenters. The van der Waals surface area contributed by atoms with Crippen LogP contribution in [-0.2, 0) is 6.54 Å². The number of rotatable bonds is 3. The highest BCUT2D eigenvalue weighted by molar-refractivity contribution is 7.99. The minimum Gasteiger partial charge on any atom is -0.338 e. The second kappa shape index (κ2) is 4.75. The molecule has 1 aliphatic rings. The lowest BCUT2D eigenvalue weighted by Gasteiger charge is -2.18. The van der Waals surface area contributed by atoms with Gasteiger partial charge in [-0.1, -0.05) is 5.16 Å². The van der Waals surface area contributed by atoms with E-state index < -0.39 is 0 Å². The first-order valence-corrected chi connectivity index (χ1v) is 6.78. The van der Waals surface area contributed by atoms with Crippen LogP contribution >= 0.6 is 11.8 Å². The summed E-state index contributed by atoms with van der Waals surface area (Å²) in [4.78, 5) is 4.43. The van der Waals surface area contributed by atoms with Crippen molar-refractivity contribution >= 4 is 11.8 Å². The highest BCUT2D eigenvalue weighted by atomic mass is 32.2. The molecule has 5 heteroatoms. The minimum atomic E-state index is 0.0801. The smallest absolute Gasteiger partial charge is 0.240 e. The zero-order valence-electron chi connectivity index (χ0n) is 10.1. The third kappa shape index (κ3) is 3.22. The van der Waals surface area contributed by atoms with Crippen molar-refractivity contribution in [3.63, 3.8) is 0 Å². The van der Waals surface area contributed by atoms with E-state index in [1.54, 1.807) is 0 Å². The number of hydrogen-bond acceptors (Lipinski definition) is 5. The first-order valence-electron chi connectivity index (χ1n) is 5.74. The van der Waals surface area contributed by atoms with E-state index in [4.69, 9.17) is 4.52 Å². The van der Waals surface area contributed by atoms with Gasteiger partial charge in [0, 0.05) is 5.54 Å². The Morgan fingerprint density at radius 1 is 1.50 bits per heavy atom. The van der Waals surface area contributed by atoms with Gasteiger partial charge in [-0.3, -0.25) is 0 Å². The molecule has 1 saturated heterocycles. The summed E-state index contributed by atoms with van der Waals surface area (Å²) < 4.78 is 5.24. The maximum atomic E-state index is 5.24. The lowest BCUT2D eigenvalue weighted by Crippen LogP contribution is -2.35. The monoisotopic (exact) mass is 241 g/mol. The predicted molar refractivity (Wildman–Crippen MR) is 65.3 cm³/mol. The molecule has 0 aliphatic carbocycles. The summed E-state index contributed by atoms with van der Waals surface area (Å²) in [5, 5.41) is 7.84. The fourth-order valence-electron chi connectivity index (χ4n) is 1.59. The van der Waals surface area contributed by atoms with E-state index in [0.717, 1.165) is 5.82 Å². The van der Waals surface area contributed by atoms with Gasteiger partial charge in [0.2, 0.25) is 5.89 Å². The number of nitrogens with zero attached hydrogens (tertiary/aromatic N) is 2. The summed E-state index contributed by atoms with van der Waals surface area (Å²) in [7, 11) is 0. The average Bonchev–Trinajstić information content (AvgIpc) is 2.84. The number of hydrogen-bond donors (Lipinski definition) is 1. The standard InChI is InChI=1S/C11H19N3OS/c1-11(2,3)12-7-9-13-10(14-15-9)8-5-4-6-16-8/h8,12H,4-7H2,1-3H3. The van der Waals surface area contributed by atoms with E-state index in [-0.39, 0.29) is 5.54 Å². The number of nitrogens with one attached hydrogen (secondary N) is 1. The number of aromatic nitrogens is 2. The summed E-state index contributed by atoms with van der Waals surface area (Å²) in [6, 6.07) is 0. The minimum absolute atomic E-state index is 0.0801. The van der Waals surface area contributed by atoms with Gasteiger partial charge in [0.25, 0.3) is 0 Å². The van der Waals surface area contributed by atoms with Gasteiger partial charge in [0.1, 0.15) is 0 Å². The maximum Gasteiger partial charge on any atom is 0.240 e. The lowest BCUT2D eigenvalue weighted by atomic mass is 10.1. The molecule has 90 valence electrons. The third-order valence-electron chi connectivity index (χ3n) is 2.47. The van der Waals surface area contributed by atoms with Crippen LogP contribution in [0.1, 0.15) is 50.6 Å². The second-order valence-corrected chi connectivity index (χ2v) is 6.46. The molecule has 2 heterocycles. The largest absolute Gasteiger partial charge is 0.338 e. The summed E-state index contributed by atoms with van der Waals surface area (Å²) >= 11 is 1.93. The molecule has 1 fully saturated rings. The average molecular weight is 241 g/mol. The van der Waals surface area contributed by atoms with Gasteiger partial charge in [-0.25, -0.2) is 0 Å². The van der Waals surface area contributed by atoms with E-state index in [1.807, 2.05) is 11.8 Å². The molecule has 1 N–H and O–H groups in total. The van der Waals surface area contributed by atoms with E-state index in [0.29, 0.717) is 17.7 Å². The molecular formula is C11H19N3OS. The van der Waals surface area contributed by atoms with Crippen molar-refractivity contribution in [1.82, 2.24) is 15.5 Å². The van der Waals surface area contributed by atoms with E-state index in [2.05, 4.69) is 36.2 Å². The van der Waals surface area contributed by atoms with Crippen LogP contribution in [0.5, 0.6) is 0 Å². The molecule has 0 aromatic carbocycles. The Bertz CT molecular complexity index is 339. The van der Waals surface area contributed by atoms with Gasteiger partial charge in [-0.2, -0.15) is 16.7 Å². The van der Waals surface area contributed by atoms with Crippen molar-refractivity contribution in [3.8, 4) is 0 Å². The molecule has 1 unspecified atom stereocenters. The van der Waals surface area contributed by atoms with Crippen molar-refractivity contribution in [1.29, 1.82) is 0 Å². The zero-order valence-corrected chi connectivity index (χ0v) is 10.9. The summed E-state index contributed by atoms with van der Waals surface area (Å²) in [6.07, 6.45) is 2.44. The molecule has 1 aromatic heterocycles. The van der Waals surface area contributed by atoms with Crippen LogP contribution in [0.3, 0.4) is 0 Å². The van der Waals surface area contributed by atoms with Crippen LogP contribution in [0.4, 0.5) is 0 Å². The second-order valence-electron chi connectivity index (χ2n) is 5.15. The van der Waals surface area contributed by atoms with Crippen molar-refractivity contribution in [2.24, 2.45) is 0 Å². The van der Waals surface area contributed by atoms with Crippen LogP contribution in [0, 0.1) is 0 Å². The quantitative estimate of drug-likeness (QED) is 0.881. The van der Waals surface area contributed by atoms with Gasteiger partial charge in [-0.15, -0.1) is 0 Å². The van der Waals surface area contributed by atoms with Crippen molar-refractivity contribution in [3.05, 3.63) is 11.7 Å². The van der Waals surface area contributed by atoms with Gasteiger partial charge in [0.05, 0.1) is 11.8 Å². The summed E-state index contributed by atoms with van der Waals surface area (Å²) in [6.45, 7) is 7.01. The lowest BCUT2D eigenvalue weighted by molar-refractivity contribution is 0.333. The molecule has 1 aliphatic heterocycles. The van der Waals surface area contributed by atoms with Gasteiger partial charge in [0.15, 0.2) is 5.82 Å². The van der Waals surface area contributed by atoms with Crippen LogP contribution in [0.15, 0.2) is 4.52 Å². The van der Waals surface area contributed by atoms with Crippen LogP contribution < -0.4 is 5.32 Å². The van der Waals surface area contributed by atoms with Gasteiger partial charge in [-0.05, 0) is 39.4 Å². The molecule has 0 amide bonds. The molecule has 16 heavy (non-hydrogen) atoms.